The van der Waals surface area contributed by atoms with Crippen LogP contribution in [0.2, 0.25) is 0 Å². The van der Waals surface area contributed by atoms with Crippen LogP contribution in [0.4, 0.5) is 0 Å². The summed E-state index contributed by atoms with van der Waals surface area (Å²) in [5.41, 5.74) is 1.76. The molecule has 0 atom stereocenters. The Morgan fingerprint density at radius 2 is 2.26 bits per heavy atom. The van der Waals surface area contributed by atoms with Crippen LogP contribution in [0.15, 0.2) is 24.7 Å². The molecule has 0 aliphatic heterocycles. The van der Waals surface area contributed by atoms with Gasteiger partial charge in [-0.05, 0) is 38.8 Å². The molecule has 0 bridgehead atoms. The highest BCUT2D eigenvalue weighted by molar-refractivity contribution is 5.88. The molecule has 0 aliphatic carbocycles. The fourth-order valence-corrected chi connectivity index (χ4v) is 1.82. The van der Waals surface area contributed by atoms with Gasteiger partial charge in [-0.15, -0.1) is 0 Å². The van der Waals surface area contributed by atoms with Crippen molar-refractivity contribution in [2.75, 3.05) is 0 Å². The Morgan fingerprint density at radius 3 is 2.95 bits per heavy atom. The van der Waals surface area contributed by atoms with E-state index in [1.165, 1.54) is 13.3 Å². The van der Waals surface area contributed by atoms with Gasteiger partial charge in [-0.25, -0.2) is 9.97 Å². The molecule has 0 amide bonds. The molecule has 5 heteroatoms. The Balaban J connectivity index is 2.36. The van der Waals surface area contributed by atoms with Gasteiger partial charge in [-0.1, -0.05) is 6.08 Å². The van der Waals surface area contributed by atoms with E-state index in [1.54, 1.807) is 6.08 Å². The summed E-state index contributed by atoms with van der Waals surface area (Å²) >= 11 is 0. The predicted octanol–water partition coefficient (Wildman–Crippen LogP) is 2.43. The van der Waals surface area contributed by atoms with E-state index in [9.17, 15) is 4.79 Å². The Kier molecular flexibility index (Phi) is 3.94. The second kappa shape index (κ2) is 5.65. The molecule has 0 unspecified atom stereocenters. The first-order valence-corrected chi connectivity index (χ1v) is 6.22. The van der Waals surface area contributed by atoms with Gasteiger partial charge < -0.3 is 9.72 Å². The number of hydrogen-bond donors (Lipinski definition) is 1. The van der Waals surface area contributed by atoms with E-state index in [2.05, 4.69) is 15.0 Å². The smallest absolute Gasteiger partial charge is 0.226 e. The van der Waals surface area contributed by atoms with Crippen LogP contribution in [0.5, 0.6) is 5.88 Å². The quantitative estimate of drug-likeness (QED) is 0.837. The minimum atomic E-state index is 0.0368. The van der Waals surface area contributed by atoms with Crippen molar-refractivity contribution >= 4 is 16.8 Å². The highest BCUT2D eigenvalue weighted by atomic mass is 16.5. The number of aromatic nitrogens is 3. The molecule has 2 rings (SSSR count). The van der Waals surface area contributed by atoms with E-state index in [1.807, 2.05) is 26.1 Å². The van der Waals surface area contributed by atoms with Crippen LogP contribution in [-0.4, -0.2) is 26.8 Å². The second-order valence-electron chi connectivity index (χ2n) is 4.60. The summed E-state index contributed by atoms with van der Waals surface area (Å²) in [5.74, 6) is 0.613. The van der Waals surface area contributed by atoms with E-state index >= 15 is 0 Å². The zero-order chi connectivity index (χ0) is 13.8. The molecule has 2 heterocycles. The van der Waals surface area contributed by atoms with Crippen molar-refractivity contribution in [2.24, 2.45) is 0 Å². The molecule has 2 aromatic rings. The van der Waals surface area contributed by atoms with Gasteiger partial charge in [0.2, 0.25) is 5.88 Å². The first kappa shape index (κ1) is 13.3. The summed E-state index contributed by atoms with van der Waals surface area (Å²) in [7, 11) is 0. The number of ether oxygens (including phenoxy) is 1. The third kappa shape index (κ3) is 3.19. The van der Waals surface area contributed by atoms with Crippen LogP contribution in [-0.2, 0) is 11.2 Å². The molecule has 1 N–H and O–H groups in total. The lowest BCUT2D eigenvalue weighted by Gasteiger charge is -2.09. The summed E-state index contributed by atoms with van der Waals surface area (Å²) in [5, 5.41) is 0.879. The monoisotopic (exact) mass is 259 g/mol. The Bertz CT molecular complexity index is 614. The van der Waals surface area contributed by atoms with Gasteiger partial charge in [0.25, 0.3) is 0 Å². The lowest BCUT2D eigenvalue weighted by atomic mass is 10.1. The molecular formula is C14H17N3O2. The fourth-order valence-electron chi connectivity index (χ4n) is 1.82. The van der Waals surface area contributed by atoms with Crippen LogP contribution in [0.1, 0.15) is 26.3 Å². The van der Waals surface area contributed by atoms with Crippen LogP contribution >= 0.6 is 0 Å². The zero-order valence-electron chi connectivity index (χ0n) is 11.3. The fraction of sp³-hybridized carbons (Fsp3) is 0.357. The van der Waals surface area contributed by atoms with Crippen LogP contribution in [0.25, 0.3) is 11.0 Å². The molecule has 19 heavy (non-hydrogen) atoms. The van der Waals surface area contributed by atoms with E-state index in [0.29, 0.717) is 12.3 Å². The molecule has 0 radical (unpaired) electrons. The minimum absolute atomic E-state index is 0.0368. The molecule has 0 spiro atoms. The summed E-state index contributed by atoms with van der Waals surface area (Å²) in [4.78, 5) is 22.3. The maximum Gasteiger partial charge on any atom is 0.226 e. The zero-order valence-corrected chi connectivity index (χ0v) is 11.3. The normalized spacial score (nSPS) is 11.6. The molecule has 2 aromatic heterocycles. The minimum Gasteiger partial charge on any atom is -0.474 e. The van der Waals surface area contributed by atoms with E-state index in [-0.39, 0.29) is 11.9 Å². The van der Waals surface area contributed by atoms with Gasteiger partial charge in [0.15, 0.2) is 5.78 Å². The van der Waals surface area contributed by atoms with Crippen molar-refractivity contribution < 1.29 is 9.53 Å². The van der Waals surface area contributed by atoms with Crippen molar-refractivity contribution in [2.45, 2.75) is 33.3 Å². The van der Waals surface area contributed by atoms with Gasteiger partial charge in [-0.2, -0.15) is 0 Å². The lowest BCUT2D eigenvalue weighted by Crippen LogP contribution is -2.07. The van der Waals surface area contributed by atoms with Crippen molar-refractivity contribution in [3.8, 4) is 5.88 Å². The third-order valence-corrected chi connectivity index (χ3v) is 2.55. The first-order valence-electron chi connectivity index (χ1n) is 6.22. The first-order chi connectivity index (χ1) is 9.08. The summed E-state index contributed by atoms with van der Waals surface area (Å²) in [6.07, 6.45) is 7.43. The number of H-pyrrole nitrogens is 1. The number of nitrogens with zero attached hydrogens (tertiary/aromatic N) is 2. The number of ketones is 1. The molecule has 100 valence electrons. The average molecular weight is 259 g/mol. The topological polar surface area (TPSA) is 67.9 Å². The van der Waals surface area contributed by atoms with Gasteiger partial charge in [-0.3, -0.25) is 4.79 Å². The standard InChI is InChI=1S/C14H17N3O2/c1-9(2)19-14-12-11(6-4-5-10(3)18)7-15-13(12)16-8-17-14/h4-5,7-9H,6H2,1-3H3,(H,15,16,17)/b5-4+. The number of hydrogen-bond acceptors (Lipinski definition) is 4. The molecule has 0 saturated heterocycles. The number of nitrogens with one attached hydrogen (secondary N) is 1. The molecule has 5 nitrogen and oxygen atoms in total. The highest BCUT2D eigenvalue weighted by Gasteiger charge is 2.12. The number of rotatable bonds is 5. The van der Waals surface area contributed by atoms with Crippen LogP contribution in [0, 0.1) is 0 Å². The van der Waals surface area contributed by atoms with Crippen molar-refractivity contribution in [3.05, 3.63) is 30.2 Å². The maximum absolute atomic E-state index is 10.9. The van der Waals surface area contributed by atoms with Gasteiger partial charge in [0.1, 0.15) is 12.0 Å². The number of carbonyl (C=O) groups is 1. The molecule has 0 saturated carbocycles. The highest BCUT2D eigenvalue weighted by Crippen LogP contribution is 2.26. The maximum atomic E-state index is 10.9. The van der Waals surface area contributed by atoms with Gasteiger partial charge in [0.05, 0.1) is 11.5 Å². The van der Waals surface area contributed by atoms with Crippen molar-refractivity contribution in [1.82, 2.24) is 15.0 Å². The Labute approximate surface area is 111 Å². The number of aromatic amines is 1. The average Bonchev–Trinajstić information content (AvgIpc) is 2.72. The summed E-state index contributed by atoms with van der Waals surface area (Å²) in [6, 6.07) is 0. The van der Waals surface area contributed by atoms with Gasteiger partial charge >= 0.3 is 0 Å². The Morgan fingerprint density at radius 1 is 1.47 bits per heavy atom. The van der Waals surface area contributed by atoms with Crippen molar-refractivity contribution in [1.29, 1.82) is 0 Å². The third-order valence-electron chi connectivity index (χ3n) is 2.55. The SMILES string of the molecule is CC(=O)/C=C/Cc1c[nH]c2ncnc(OC(C)C)c12. The largest absolute Gasteiger partial charge is 0.474 e. The van der Waals surface area contributed by atoms with E-state index in [4.69, 9.17) is 4.74 Å². The summed E-state index contributed by atoms with van der Waals surface area (Å²) in [6.45, 7) is 5.44. The molecule has 0 aliphatic rings. The van der Waals surface area contributed by atoms with Crippen LogP contribution in [0.3, 0.4) is 0 Å². The lowest BCUT2D eigenvalue weighted by molar-refractivity contribution is -0.112. The second-order valence-corrected chi connectivity index (χ2v) is 4.60. The predicted molar refractivity (Wildman–Crippen MR) is 73.2 cm³/mol. The molecule has 0 aromatic carbocycles. The Hall–Kier alpha value is -2.17. The molecule has 0 fully saturated rings. The molecular weight excluding hydrogens is 242 g/mol. The van der Waals surface area contributed by atoms with E-state index in [0.717, 1.165) is 16.6 Å². The number of carbonyl (C=O) groups excluding carboxylic acids is 1. The van der Waals surface area contributed by atoms with Crippen LogP contribution < -0.4 is 4.74 Å². The number of fused-ring (bicyclic) bond motifs is 1. The summed E-state index contributed by atoms with van der Waals surface area (Å²) < 4.78 is 5.69. The van der Waals surface area contributed by atoms with Gasteiger partial charge in [0, 0.05) is 6.20 Å². The van der Waals surface area contributed by atoms with E-state index < -0.39 is 0 Å². The van der Waals surface area contributed by atoms with Crippen molar-refractivity contribution in [3.63, 3.8) is 0 Å². The number of allylic oxidation sites excluding steroid dienone is 2.